The van der Waals surface area contributed by atoms with Gasteiger partial charge in [-0.1, -0.05) is 0 Å². The molecule has 0 aliphatic carbocycles. The van der Waals surface area contributed by atoms with Crippen LogP contribution in [0.15, 0.2) is 0 Å². The van der Waals surface area contributed by atoms with E-state index in [0.717, 1.165) is 19.8 Å². The Morgan fingerprint density at radius 2 is 1.83 bits per heavy atom. The van der Waals surface area contributed by atoms with Crippen LogP contribution < -0.4 is 11.3 Å². The molecule has 3 N–H and O–H groups in total. The van der Waals surface area contributed by atoms with Crippen LogP contribution in [0.1, 0.15) is 13.8 Å². The fraction of sp³-hybridized carbons (Fsp3) is 1.00. The molecular formula is C8H22N4. The predicted molar refractivity (Wildman–Crippen MR) is 52.6 cm³/mol. The van der Waals surface area contributed by atoms with Crippen molar-refractivity contribution in [3.05, 3.63) is 0 Å². The highest BCUT2D eigenvalue weighted by Gasteiger charge is 2.07. The Kier molecular flexibility index (Phi) is 6.28. The van der Waals surface area contributed by atoms with Gasteiger partial charge in [0, 0.05) is 19.1 Å². The highest BCUT2D eigenvalue weighted by atomic mass is 15.3. The number of nitrogens with zero attached hydrogens (tertiary/aromatic N) is 2. The zero-order valence-corrected chi connectivity index (χ0v) is 8.67. The average Bonchev–Trinajstić information content (AvgIpc) is 1.96. The molecule has 0 unspecified atom stereocenters. The lowest BCUT2D eigenvalue weighted by Crippen LogP contribution is -2.44. The van der Waals surface area contributed by atoms with Crippen LogP contribution in [-0.4, -0.2) is 49.7 Å². The molecule has 0 atom stereocenters. The SMILES string of the molecule is CC(C)N(CCN(C)C)CNN. The normalized spacial score (nSPS) is 12.0. The number of hydrogen-bond acceptors (Lipinski definition) is 4. The van der Waals surface area contributed by atoms with Crippen LogP contribution in [0.3, 0.4) is 0 Å². The smallest absolute Gasteiger partial charge is 0.0615 e. The van der Waals surface area contributed by atoms with Gasteiger partial charge in [0.05, 0.1) is 6.67 Å². The topological polar surface area (TPSA) is 44.5 Å². The number of rotatable bonds is 6. The third-order valence-corrected chi connectivity index (χ3v) is 1.86. The van der Waals surface area contributed by atoms with Gasteiger partial charge in [-0.15, -0.1) is 0 Å². The van der Waals surface area contributed by atoms with Gasteiger partial charge in [0.25, 0.3) is 0 Å². The summed E-state index contributed by atoms with van der Waals surface area (Å²) in [6.07, 6.45) is 0. The maximum atomic E-state index is 5.27. The molecular weight excluding hydrogens is 152 g/mol. The molecule has 0 amide bonds. The van der Waals surface area contributed by atoms with Crippen LogP contribution >= 0.6 is 0 Å². The first-order valence-electron chi connectivity index (χ1n) is 4.40. The lowest BCUT2D eigenvalue weighted by Gasteiger charge is -2.27. The van der Waals surface area contributed by atoms with Gasteiger partial charge >= 0.3 is 0 Å². The summed E-state index contributed by atoms with van der Waals surface area (Å²) < 4.78 is 0. The van der Waals surface area contributed by atoms with Gasteiger partial charge in [0.2, 0.25) is 0 Å². The van der Waals surface area contributed by atoms with E-state index in [1.165, 1.54) is 0 Å². The van der Waals surface area contributed by atoms with Crippen molar-refractivity contribution in [2.45, 2.75) is 19.9 Å². The van der Waals surface area contributed by atoms with E-state index in [1.54, 1.807) is 0 Å². The Morgan fingerprint density at radius 1 is 1.25 bits per heavy atom. The summed E-state index contributed by atoms with van der Waals surface area (Å²) in [7, 11) is 4.16. The third-order valence-electron chi connectivity index (χ3n) is 1.86. The third kappa shape index (κ3) is 5.49. The lowest BCUT2D eigenvalue weighted by atomic mass is 10.3. The molecule has 0 aromatic heterocycles. The Morgan fingerprint density at radius 3 is 2.17 bits per heavy atom. The molecule has 0 fully saturated rings. The van der Waals surface area contributed by atoms with E-state index in [0.29, 0.717) is 6.04 Å². The van der Waals surface area contributed by atoms with Gasteiger partial charge in [-0.05, 0) is 27.9 Å². The van der Waals surface area contributed by atoms with E-state index in [9.17, 15) is 0 Å². The van der Waals surface area contributed by atoms with Crippen LogP contribution in [0.5, 0.6) is 0 Å². The first kappa shape index (κ1) is 11.8. The summed E-state index contributed by atoms with van der Waals surface area (Å²) in [6.45, 7) is 7.22. The molecule has 4 nitrogen and oxygen atoms in total. The standard InChI is InChI=1S/C8H22N4/c1-8(2)12(7-10-9)6-5-11(3)4/h8,10H,5-7,9H2,1-4H3. The molecule has 0 rings (SSSR count). The fourth-order valence-electron chi connectivity index (χ4n) is 0.966. The summed E-state index contributed by atoms with van der Waals surface area (Å²) >= 11 is 0. The highest BCUT2D eigenvalue weighted by molar-refractivity contribution is 4.61. The molecule has 0 heterocycles. The van der Waals surface area contributed by atoms with Crippen molar-refractivity contribution in [1.82, 2.24) is 15.2 Å². The van der Waals surface area contributed by atoms with E-state index in [-0.39, 0.29) is 0 Å². The highest BCUT2D eigenvalue weighted by Crippen LogP contribution is 1.95. The molecule has 0 bridgehead atoms. The number of hydrazine groups is 1. The predicted octanol–water partition coefficient (Wildman–Crippen LogP) is -0.321. The van der Waals surface area contributed by atoms with Crippen molar-refractivity contribution < 1.29 is 0 Å². The molecule has 12 heavy (non-hydrogen) atoms. The second-order valence-corrected chi connectivity index (χ2v) is 3.57. The van der Waals surface area contributed by atoms with Crippen molar-refractivity contribution in [3.8, 4) is 0 Å². The zero-order chi connectivity index (χ0) is 9.56. The van der Waals surface area contributed by atoms with Crippen molar-refractivity contribution in [2.75, 3.05) is 33.9 Å². The molecule has 0 saturated carbocycles. The van der Waals surface area contributed by atoms with Gasteiger partial charge in [-0.3, -0.25) is 10.7 Å². The molecule has 0 aliphatic heterocycles. The minimum Gasteiger partial charge on any atom is -0.308 e. The largest absolute Gasteiger partial charge is 0.308 e. The van der Waals surface area contributed by atoms with Crippen LogP contribution in [0.25, 0.3) is 0 Å². The van der Waals surface area contributed by atoms with Crippen LogP contribution in [-0.2, 0) is 0 Å². The Labute approximate surface area is 75.7 Å². The average molecular weight is 174 g/mol. The summed E-state index contributed by atoms with van der Waals surface area (Å²) in [5, 5.41) is 0. The van der Waals surface area contributed by atoms with Gasteiger partial charge < -0.3 is 4.90 Å². The second-order valence-electron chi connectivity index (χ2n) is 3.57. The maximum Gasteiger partial charge on any atom is 0.0615 e. The van der Waals surface area contributed by atoms with Crippen molar-refractivity contribution >= 4 is 0 Å². The van der Waals surface area contributed by atoms with Crippen LogP contribution in [0.4, 0.5) is 0 Å². The van der Waals surface area contributed by atoms with Gasteiger partial charge in [0.1, 0.15) is 0 Å². The number of nitrogens with two attached hydrogens (primary N) is 1. The molecule has 0 saturated heterocycles. The quantitative estimate of drug-likeness (QED) is 0.329. The molecule has 0 radical (unpaired) electrons. The summed E-state index contributed by atoms with van der Waals surface area (Å²) in [5.41, 5.74) is 2.68. The number of hydrogen-bond donors (Lipinski definition) is 2. The lowest BCUT2D eigenvalue weighted by molar-refractivity contribution is 0.186. The van der Waals surface area contributed by atoms with E-state index in [4.69, 9.17) is 5.84 Å². The van der Waals surface area contributed by atoms with Gasteiger partial charge in [0.15, 0.2) is 0 Å². The minimum atomic E-state index is 0.543. The van der Waals surface area contributed by atoms with Crippen LogP contribution in [0, 0.1) is 0 Å². The first-order chi connectivity index (χ1) is 5.57. The Hall–Kier alpha value is -0.160. The molecule has 0 spiro atoms. The monoisotopic (exact) mass is 174 g/mol. The summed E-state index contributed by atoms with van der Waals surface area (Å²) in [4.78, 5) is 4.46. The van der Waals surface area contributed by atoms with Crippen molar-refractivity contribution in [1.29, 1.82) is 0 Å². The fourth-order valence-corrected chi connectivity index (χ4v) is 0.966. The minimum absolute atomic E-state index is 0.543. The zero-order valence-electron chi connectivity index (χ0n) is 8.67. The molecule has 4 heteroatoms. The number of likely N-dealkylation sites (N-methyl/N-ethyl adjacent to an activating group) is 1. The molecule has 0 aromatic carbocycles. The van der Waals surface area contributed by atoms with E-state index >= 15 is 0 Å². The van der Waals surface area contributed by atoms with E-state index in [2.05, 4.69) is 43.2 Å². The molecule has 74 valence electrons. The Bertz CT molecular complexity index is 103. The Balaban J connectivity index is 3.63. The van der Waals surface area contributed by atoms with Crippen molar-refractivity contribution in [2.24, 2.45) is 5.84 Å². The first-order valence-corrected chi connectivity index (χ1v) is 4.40. The summed E-state index contributed by atoms with van der Waals surface area (Å²) in [5.74, 6) is 5.27. The second kappa shape index (κ2) is 6.37. The summed E-state index contributed by atoms with van der Waals surface area (Å²) in [6, 6.07) is 0.543. The number of nitrogens with one attached hydrogen (secondary N) is 1. The van der Waals surface area contributed by atoms with Gasteiger partial charge in [-0.2, -0.15) is 0 Å². The van der Waals surface area contributed by atoms with Gasteiger partial charge in [-0.25, -0.2) is 5.43 Å². The molecule has 0 aliphatic rings. The van der Waals surface area contributed by atoms with E-state index < -0.39 is 0 Å². The van der Waals surface area contributed by atoms with Crippen molar-refractivity contribution in [3.63, 3.8) is 0 Å². The molecule has 0 aromatic rings. The van der Waals surface area contributed by atoms with Crippen LogP contribution in [0.2, 0.25) is 0 Å². The maximum absolute atomic E-state index is 5.27. The van der Waals surface area contributed by atoms with E-state index in [1.807, 2.05) is 0 Å².